The third-order valence-corrected chi connectivity index (χ3v) is 2.96. The van der Waals surface area contributed by atoms with Gasteiger partial charge in [-0.1, -0.05) is 0 Å². The Hall–Kier alpha value is -2.13. The van der Waals surface area contributed by atoms with Gasteiger partial charge in [-0.3, -0.25) is 4.90 Å². The molecule has 1 fully saturated rings. The van der Waals surface area contributed by atoms with Gasteiger partial charge >= 0.3 is 6.09 Å². The largest absolute Gasteiger partial charge is 0.465 e. The van der Waals surface area contributed by atoms with Crippen LogP contribution in [0.25, 0.3) is 0 Å². The van der Waals surface area contributed by atoms with Crippen LogP contribution in [0.1, 0.15) is 23.6 Å². The van der Waals surface area contributed by atoms with Crippen molar-refractivity contribution in [2.45, 2.75) is 18.6 Å². The predicted octanol–water partition coefficient (Wildman–Crippen LogP) is 1.48. The van der Waals surface area contributed by atoms with E-state index >= 15 is 0 Å². The van der Waals surface area contributed by atoms with Gasteiger partial charge in [0.05, 0.1) is 30.3 Å². The Labute approximate surface area is 103 Å². The quantitative estimate of drug-likeness (QED) is 0.790. The van der Waals surface area contributed by atoms with Crippen LogP contribution in [0.3, 0.4) is 0 Å². The highest BCUT2D eigenvalue weighted by atomic mass is 19.1. The van der Waals surface area contributed by atoms with Gasteiger partial charge in [-0.25, -0.2) is 9.18 Å². The van der Waals surface area contributed by atoms with Gasteiger partial charge in [0.25, 0.3) is 0 Å². The molecule has 6 heteroatoms. The van der Waals surface area contributed by atoms with E-state index in [9.17, 15) is 14.3 Å². The minimum absolute atomic E-state index is 0.00159. The molecular formula is C12H11FN2O3. The van der Waals surface area contributed by atoms with E-state index in [0.29, 0.717) is 5.56 Å². The number of β-amino-alcohol motifs (C(OH)–C–C–N with tert-alkyl or cyclic N) is 1. The maximum atomic E-state index is 13.3. The van der Waals surface area contributed by atoms with Crippen LogP contribution in [-0.2, 0) is 0 Å². The van der Waals surface area contributed by atoms with Crippen molar-refractivity contribution in [1.82, 2.24) is 4.90 Å². The first-order valence-corrected chi connectivity index (χ1v) is 5.39. The molecule has 0 saturated carbocycles. The molecule has 1 aliphatic heterocycles. The number of carbonyl (C=O) groups is 1. The summed E-state index contributed by atoms with van der Waals surface area (Å²) in [5, 5.41) is 27.3. The van der Waals surface area contributed by atoms with Crippen LogP contribution in [0.5, 0.6) is 0 Å². The van der Waals surface area contributed by atoms with Gasteiger partial charge in [-0.05, 0) is 30.2 Å². The first-order chi connectivity index (χ1) is 8.51. The fourth-order valence-electron chi connectivity index (χ4n) is 2.21. The lowest BCUT2D eigenvalue weighted by molar-refractivity contribution is 0.131. The van der Waals surface area contributed by atoms with E-state index in [1.165, 1.54) is 12.1 Å². The lowest BCUT2D eigenvalue weighted by Gasteiger charge is -2.21. The summed E-state index contributed by atoms with van der Waals surface area (Å²) in [5.41, 5.74) is 0.530. The number of rotatable bonds is 1. The van der Waals surface area contributed by atoms with Gasteiger partial charge in [0.1, 0.15) is 5.82 Å². The Bertz CT molecular complexity index is 527. The highest BCUT2D eigenvalue weighted by molar-refractivity contribution is 5.66. The van der Waals surface area contributed by atoms with Gasteiger partial charge in [0.2, 0.25) is 0 Å². The second kappa shape index (κ2) is 4.63. The molecule has 1 aliphatic rings. The average Bonchev–Trinajstić information content (AvgIpc) is 2.70. The van der Waals surface area contributed by atoms with E-state index in [-0.39, 0.29) is 18.5 Å². The van der Waals surface area contributed by atoms with Gasteiger partial charge in [0.15, 0.2) is 0 Å². The molecule has 0 aromatic heterocycles. The number of likely N-dealkylation sites (tertiary alicyclic amines) is 1. The van der Waals surface area contributed by atoms with Gasteiger partial charge in [-0.15, -0.1) is 0 Å². The van der Waals surface area contributed by atoms with Crippen LogP contribution in [0.4, 0.5) is 9.18 Å². The number of benzene rings is 1. The van der Waals surface area contributed by atoms with Crippen LogP contribution in [-0.4, -0.2) is 33.9 Å². The zero-order valence-corrected chi connectivity index (χ0v) is 9.38. The lowest BCUT2D eigenvalue weighted by Crippen LogP contribution is -2.30. The van der Waals surface area contributed by atoms with Gasteiger partial charge in [-0.2, -0.15) is 5.26 Å². The molecule has 18 heavy (non-hydrogen) atoms. The van der Waals surface area contributed by atoms with E-state index < -0.39 is 24.1 Å². The Morgan fingerprint density at radius 2 is 2.22 bits per heavy atom. The van der Waals surface area contributed by atoms with Crippen molar-refractivity contribution in [3.8, 4) is 6.07 Å². The molecule has 2 rings (SSSR count). The summed E-state index contributed by atoms with van der Waals surface area (Å²) in [6.45, 7) is -0.00159. The van der Waals surface area contributed by atoms with Gasteiger partial charge < -0.3 is 10.2 Å². The van der Waals surface area contributed by atoms with Crippen LogP contribution in [0.2, 0.25) is 0 Å². The van der Waals surface area contributed by atoms with Crippen molar-refractivity contribution >= 4 is 6.09 Å². The third kappa shape index (κ3) is 2.26. The summed E-state index contributed by atoms with van der Waals surface area (Å²) < 4.78 is 13.3. The second-order valence-electron chi connectivity index (χ2n) is 4.23. The molecule has 94 valence electrons. The van der Waals surface area contributed by atoms with Crippen LogP contribution in [0.15, 0.2) is 18.2 Å². The number of aliphatic hydroxyl groups excluding tert-OH is 1. The number of nitrogens with zero attached hydrogens (tertiary/aromatic N) is 2. The van der Waals surface area contributed by atoms with E-state index in [1.54, 1.807) is 0 Å². The number of carboxylic acid groups (broad SMARTS) is 1. The minimum Gasteiger partial charge on any atom is -0.465 e. The summed E-state index contributed by atoms with van der Waals surface area (Å²) >= 11 is 0. The number of amides is 1. The Kier molecular flexibility index (Phi) is 3.17. The molecule has 2 N–H and O–H groups in total. The monoisotopic (exact) mass is 250 g/mol. The van der Waals surface area contributed by atoms with Crippen LogP contribution >= 0.6 is 0 Å². The zero-order chi connectivity index (χ0) is 13.3. The number of halogens is 1. The van der Waals surface area contributed by atoms with E-state index in [1.807, 2.05) is 6.07 Å². The molecule has 0 bridgehead atoms. The Morgan fingerprint density at radius 1 is 1.50 bits per heavy atom. The third-order valence-electron chi connectivity index (χ3n) is 2.96. The second-order valence-corrected chi connectivity index (χ2v) is 4.23. The van der Waals surface area contributed by atoms with Gasteiger partial charge in [0, 0.05) is 0 Å². The highest BCUT2D eigenvalue weighted by Crippen LogP contribution is 2.32. The number of aliphatic hydroxyl groups is 1. The highest BCUT2D eigenvalue weighted by Gasteiger charge is 2.35. The molecule has 0 spiro atoms. The smallest absolute Gasteiger partial charge is 0.407 e. The normalized spacial score (nSPS) is 22.8. The molecule has 5 nitrogen and oxygen atoms in total. The number of nitriles is 1. The van der Waals surface area contributed by atoms with Crippen molar-refractivity contribution in [2.24, 2.45) is 0 Å². The maximum Gasteiger partial charge on any atom is 0.407 e. The maximum absolute atomic E-state index is 13.3. The average molecular weight is 250 g/mol. The summed E-state index contributed by atoms with van der Waals surface area (Å²) in [7, 11) is 0. The minimum atomic E-state index is -1.17. The standard InChI is InChI=1S/C12H11FN2O3/c13-9-2-7(5-14)1-8(3-9)11-4-10(16)6-15(11)12(17)18/h1-3,10-11,16H,4,6H2,(H,17,18)/t10-,11-/m1/s1. The van der Waals surface area contributed by atoms with E-state index in [0.717, 1.165) is 11.0 Å². The summed E-state index contributed by atoms with van der Waals surface area (Å²) in [5.74, 6) is -0.587. The van der Waals surface area contributed by atoms with E-state index in [4.69, 9.17) is 10.4 Å². The molecule has 1 amide bonds. The molecule has 1 saturated heterocycles. The molecule has 1 aromatic rings. The SMILES string of the molecule is N#Cc1cc(F)cc([C@H]2C[C@@H](O)CN2C(=O)O)c1. The fourth-order valence-corrected chi connectivity index (χ4v) is 2.21. The number of hydrogen-bond acceptors (Lipinski definition) is 3. The summed E-state index contributed by atoms with van der Waals surface area (Å²) in [6, 6.07) is 4.93. The predicted molar refractivity (Wildman–Crippen MR) is 59.2 cm³/mol. The Morgan fingerprint density at radius 3 is 2.83 bits per heavy atom. The van der Waals surface area contributed by atoms with Crippen molar-refractivity contribution in [2.75, 3.05) is 6.54 Å². The first-order valence-electron chi connectivity index (χ1n) is 5.39. The van der Waals surface area contributed by atoms with Crippen LogP contribution in [0, 0.1) is 17.1 Å². The molecule has 2 atom stereocenters. The molecular weight excluding hydrogens is 239 g/mol. The summed E-state index contributed by atoms with van der Waals surface area (Å²) in [6.07, 6.45) is -1.72. The molecule has 0 radical (unpaired) electrons. The topological polar surface area (TPSA) is 84.6 Å². The first kappa shape index (κ1) is 12.3. The van der Waals surface area contributed by atoms with Crippen molar-refractivity contribution in [1.29, 1.82) is 5.26 Å². The Balaban J connectivity index is 2.38. The van der Waals surface area contributed by atoms with E-state index in [2.05, 4.69) is 0 Å². The molecule has 1 aromatic carbocycles. The number of hydrogen-bond donors (Lipinski definition) is 2. The van der Waals surface area contributed by atoms with Crippen LogP contribution < -0.4 is 0 Å². The van der Waals surface area contributed by atoms with Crippen molar-refractivity contribution < 1.29 is 19.4 Å². The lowest BCUT2D eigenvalue weighted by atomic mass is 10.0. The van der Waals surface area contributed by atoms with Crippen molar-refractivity contribution in [3.63, 3.8) is 0 Å². The summed E-state index contributed by atoms with van der Waals surface area (Å²) in [4.78, 5) is 12.1. The molecule has 0 aliphatic carbocycles. The zero-order valence-electron chi connectivity index (χ0n) is 9.38. The molecule has 0 unspecified atom stereocenters. The molecule has 1 heterocycles. The van der Waals surface area contributed by atoms with Crippen molar-refractivity contribution in [3.05, 3.63) is 35.1 Å². The fraction of sp³-hybridized carbons (Fsp3) is 0.333.